The molecule has 7 rings (SSSR count). The number of benzene rings is 3. The Balaban J connectivity index is 1.59. The van der Waals surface area contributed by atoms with E-state index >= 15 is 0 Å². The molecule has 0 N–H and O–H groups in total. The highest BCUT2D eigenvalue weighted by atomic mass is 32.1. The number of thiophene rings is 1. The van der Waals surface area contributed by atoms with Crippen LogP contribution >= 0.6 is 11.3 Å². The minimum absolute atomic E-state index is 0.590. The molecule has 160 valence electrons. The molecule has 6 heteroatoms. The van der Waals surface area contributed by atoms with Crippen LogP contribution in [-0.2, 0) is 0 Å². The Morgan fingerprint density at radius 3 is 1.97 bits per heavy atom. The molecule has 0 saturated heterocycles. The van der Waals surface area contributed by atoms with Crippen molar-refractivity contribution in [1.29, 1.82) is 0 Å². The highest BCUT2D eigenvalue weighted by Gasteiger charge is 2.21. The van der Waals surface area contributed by atoms with Crippen LogP contribution in [0.5, 0.6) is 0 Å². The van der Waals surface area contributed by atoms with E-state index in [2.05, 4.69) is 34.9 Å². The lowest BCUT2D eigenvalue weighted by atomic mass is 10.2. The first kappa shape index (κ1) is 19.1. The van der Waals surface area contributed by atoms with Gasteiger partial charge in [0.15, 0.2) is 11.6 Å². The van der Waals surface area contributed by atoms with Crippen molar-refractivity contribution in [3.8, 4) is 28.7 Å². The summed E-state index contributed by atoms with van der Waals surface area (Å²) in [4.78, 5) is 20.6. The van der Waals surface area contributed by atoms with Gasteiger partial charge in [0, 0.05) is 32.8 Å². The summed E-state index contributed by atoms with van der Waals surface area (Å²) >= 11 is 1.73. The predicted molar refractivity (Wildman–Crippen MR) is 138 cm³/mol. The fourth-order valence-electron chi connectivity index (χ4n) is 4.39. The first-order valence-electron chi connectivity index (χ1n) is 11.0. The van der Waals surface area contributed by atoms with Gasteiger partial charge >= 0.3 is 0 Å². The third kappa shape index (κ3) is 2.93. The van der Waals surface area contributed by atoms with Crippen LogP contribution in [0.25, 0.3) is 60.1 Å². The van der Waals surface area contributed by atoms with E-state index in [1.165, 1.54) is 10.1 Å². The minimum atomic E-state index is 0.590. The smallest absolute Gasteiger partial charge is 0.239 e. The van der Waals surface area contributed by atoms with Crippen LogP contribution in [0, 0.1) is 0 Å². The lowest BCUT2D eigenvalue weighted by Crippen LogP contribution is -2.06. The summed E-state index contributed by atoms with van der Waals surface area (Å²) in [7, 11) is 0. The summed E-state index contributed by atoms with van der Waals surface area (Å²) in [6, 6.07) is 32.6. The molecular weight excluding hydrogens is 438 g/mol. The molecule has 0 saturated carbocycles. The van der Waals surface area contributed by atoms with Gasteiger partial charge in [-0.1, -0.05) is 78.9 Å². The van der Waals surface area contributed by atoms with Crippen LogP contribution in [-0.4, -0.2) is 24.5 Å². The normalized spacial score (nSPS) is 11.5. The van der Waals surface area contributed by atoms with Crippen LogP contribution in [0.15, 0.2) is 103 Å². The predicted octanol–water partition coefficient (Wildman–Crippen LogP) is 6.91. The maximum Gasteiger partial charge on any atom is 0.239 e. The first-order chi connectivity index (χ1) is 16.9. The minimum Gasteiger partial charge on any atom is -0.267 e. The van der Waals surface area contributed by atoms with E-state index in [0.717, 1.165) is 32.4 Å². The van der Waals surface area contributed by atoms with Crippen molar-refractivity contribution >= 4 is 42.7 Å². The van der Waals surface area contributed by atoms with Crippen molar-refractivity contribution in [2.45, 2.75) is 0 Å². The maximum absolute atomic E-state index is 4.96. The summed E-state index contributed by atoms with van der Waals surface area (Å²) < 4.78 is 3.34. The molecule has 0 radical (unpaired) electrons. The number of rotatable bonds is 3. The van der Waals surface area contributed by atoms with Crippen LogP contribution in [0.1, 0.15) is 0 Å². The molecule has 4 aromatic heterocycles. The molecule has 5 nitrogen and oxygen atoms in total. The second-order valence-corrected chi connectivity index (χ2v) is 9.03. The van der Waals surface area contributed by atoms with E-state index in [9.17, 15) is 0 Å². The molecule has 0 bridgehead atoms. The molecule has 0 aliphatic heterocycles. The zero-order valence-corrected chi connectivity index (χ0v) is 18.8. The molecule has 0 amide bonds. The Bertz CT molecular complexity index is 1750. The maximum atomic E-state index is 4.96. The van der Waals surface area contributed by atoms with Gasteiger partial charge < -0.3 is 0 Å². The van der Waals surface area contributed by atoms with E-state index < -0.39 is 0 Å². The number of pyridine rings is 1. The number of fused-ring (bicyclic) bond motifs is 5. The highest BCUT2D eigenvalue weighted by Crippen LogP contribution is 2.41. The van der Waals surface area contributed by atoms with Crippen LogP contribution in [0.2, 0.25) is 0 Å². The average molecular weight is 456 g/mol. The summed E-state index contributed by atoms with van der Waals surface area (Å²) in [5, 5.41) is 2.34. The Kier molecular flexibility index (Phi) is 4.25. The fraction of sp³-hybridized carbons (Fsp3) is 0. The van der Waals surface area contributed by atoms with Crippen LogP contribution in [0.3, 0.4) is 0 Å². The molecule has 0 aliphatic rings. The summed E-state index contributed by atoms with van der Waals surface area (Å²) in [6.45, 7) is 0. The van der Waals surface area contributed by atoms with Crippen molar-refractivity contribution in [2.24, 2.45) is 0 Å². The molecule has 0 unspecified atom stereocenters. The number of hydrogen-bond acceptors (Lipinski definition) is 5. The number of nitrogens with zero attached hydrogens (tertiary/aromatic N) is 5. The Labute approximate surface area is 199 Å². The van der Waals surface area contributed by atoms with Gasteiger partial charge in [-0.25, -0.2) is 4.98 Å². The Morgan fingerprint density at radius 1 is 0.618 bits per heavy atom. The van der Waals surface area contributed by atoms with E-state index in [1.807, 2.05) is 72.9 Å². The second kappa shape index (κ2) is 7.57. The SMILES string of the molecule is c1ccc(-c2nc(-c3ccccc3)nc(-n3c4cccnc4c4c5ccccc5sc43)n2)cc1. The molecule has 0 spiro atoms. The lowest BCUT2D eigenvalue weighted by Gasteiger charge is -2.10. The van der Waals surface area contributed by atoms with E-state index in [1.54, 1.807) is 11.3 Å². The van der Waals surface area contributed by atoms with Crippen molar-refractivity contribution in [2.75, 3.05) is 0 Å². The summed E-state index contributed by atoms with van der Waals surface area (Å²) in [5.41, 5.74) is 3.84. The monoisotopic (exact) mass is 455 g/mol. The molecule has 0 atom stereocenters. The third-order valence-electron chi connectivity index (χ3n) is 5.93. The van der Waals surface area contributed by atoms with Crippen molar-refractivity contribution in [3.63, 3.8) is 0 Å². The highest BCUT2D eigenvalue weighted by molar-refractivity contribution is 7.25. The van der Waals surface area contributed by atoms with Crippen molar-refractivity contribution in [1.82, 2.24) is 24.5 Å². The molecule has 0 fully saturated rings. The van der Waals surface area contributed by atoms with Crippen molar-refractivity contribution < 1.29 is 0 Å². The largest absolute Gasteiger partial charge is 0.267 e. The van der Waals surface area contributed by atoms with Gasteiger partial charge in [0.05, 0.1) is 11.0 Å². The lowest BCUT2D eigenvalue weighted by molar-refractivity contribution is 0.956. The molecule has 34 heavy (non-hydrogen) atoms. The van der Waals surface area contributed by atoms with Gasteiger partial charge in [-0.2, -0.15) is 9.97 Å². The Morgan fingerprint density at radius 2 is 1.26 bits per heavy atom. The first-order valence-corrected chi connectivity index (χ1v) is 11.8. The quantitative estimate of drug-likeness (QED) is 0.290. The molecule has 4 heterocycles. The number of hydrogen-bond donors (Lipinski definition) is 0. The van der Waals surface area contributed by atoms with Crippen LogP contribution in [0.4, 0.5) is 0 Å². The Hall–Kier alpha value is -4.42. The standard InChI is InChI=1S/C28H17N5S/c1-3-10-18(11-4-1)25-30-26(19-12-5-2-6-13-19)32-28(31-25)33-21-15-9-17-29-24(21)23-20-14-7-8-16-22(20)34-27(23)33/h1-17H. The van der Waals surface area contributed by atoms with E-state index in [0.29, 0.717) is 17.6 Å². The molecule has 7 aromatic rings. The van der Waals surface area contributed by atoms with Gasteiger partial charge in [-0.05, 0) is 18.2 Å². The summed E-state index contributed by atoms with van der Waals surface area (Å²) in [5.74, 6) is 1.88. The molecule has 0 aliphatic carbocycles. The van der Waals surface area contributed by atoms with Gasteiger partial charge in [0.25, 0.3) is 0 Å². The third-order valence-corrected chi connectivity index (χ3v) is 7.09. The fourth-order valence-corrected chi connectivity index (χ4v) is 5.61. The molecule has 3 aromatic carbocycles. The van der Waals surface area contributed by atoms with E-state index in [-0.39, 0.29) is 0 Å². The van der Waals surface area contributed by atoms with Crippen molar-refractivity contribution in [3.05, 3.63) is 103 Å². The van der Waals surface area contributed by atoms with Gasteiger partial charge in [0.2, 0.25) is 5.95 Å². The average Bonchev–Trinajstić information content (AvgIpc) is 3.44. The van der Waals surface area contributed by atoms with E-state index in [4.69, 9.17) is 19.9 Å². The second-order valence-electron chi connectivity index (χ2n) is 8.00. The number of aromatic nitrogens is 5. The van der Waals surface area contributed by atoms with Gasteiger partial charge in [-0.3, -0.25) is 9.55 Å². The molecular formula is C28H17N5S. The zero-order chi connectivity index (χ0) is 22.5. The van der Waals surface area contributed by atoms with Crippen LogP contribution < -0.4 is 0 Å². The van der Waals surface area contributed by atoms with Gasteiger partial charge in [-0.15, -0.1) is 11.3 Å². The summed E-state index contributed by atoms with van der Waals surface area (Å²) in [6.07, 6.45) is 1.84. The topological polar surface area (TPSA) is 56.5 Å². The zero-order valence-electron chi connectivity index (χ0n) is 18.0. The van der Waals surface area contributed by atoms with Gasteiger partial charge in [0.1, 0.15) is 4.83 Å².